The molecule has 0 spiro atoms. The molecule has 1 aliphatic carbocycles. The Bertz CT molecular complexity index is 2960. The van der Waals surface area contributed by atoms with Crippen molar-refractivity contribution in [3.8, 4) is 56.4 Å². The molecule has 4 nitrogen and oxygen atoms in total. The number of hydrogen-bond acceptors (Lipinski definition) is 5. The highest BCUT2D eigenvalue weighted by Gasteiger charge is 2.25. The van der Waals surface area contributed by atoms with E-state index < -0.39 is 0 Å². The molecule has 0 saturated heterocycles. The lowest BCUT2D eigenvalue weighted by molar-refractivity contribution is 0.669. The van der Waals surface area contributed by atoms with Crippen LogP contribution in [0.15, 0.2) is 144 Å². The van der Waals surface area contributed by atoms with Gasteiger partial charge >= 0.3 is 0 Å². The van der Waals surface area contributed by atoms with E-state index in [4.69, 9.17) is 19.4 Å². The molecule has 11 rings (SSSR count). The molecule has 0 fully saturated rings. The van der Waals surface area contributed by atoms with Crippen molar-refractivity contribution in [3.05, 3.63) is 140 Å². The predicted octanol–water partition coefficient (Wildman–Crippen LogP) is 11.9. The molecule has 3 aromatic heterocycles. The minimum atomic E-state index is 0.623. The van der Waals surface area contributed by atoms with Crippen molar-refractivity contribution in [2.24, 2.45) is 0 Å². The number of nitrogens with zero attached hydrogens (tertiary/aromatic N) is 3. The summed E-state index contributed by atoms with van der Waals surface area (Å²) in [5.41, 5.74) is 9.77. The van der Waals surface area contributed by atoms with E-state index in [-0.39, 0.29) is 0 Å². The van der Waals surface area contributed by atoms with Crippen LogP contribution in [0.2, 0.25) is 0 Å². The van der Waals surface area contributed by atoms with Gasteiger partial charge in [0.15, 0.2) is 17.5 Å². The van der Waals surface area contributed by atoms with Gasteiger partial charge in [0.05, 0.1) is 0 Å². The molecule has 222 valence electrons. The van der Waals surface area contributed by atoms with Gasteiger partial charge in [0, 0.05) is 47.6 Å². The second-order valence-corrected chi connectivity index (χ2v) is 13.4. The molecular weight excluding hydrogens is 607 g/mol. The number of thiophene rings is 1. The number of rotatable bonds is 3. The maximum absolute atomic E-state index is 6.25. The van der Waals surface area contributed by atoms with Gasteiger partial charge in [-0.25, -0.2) is 15.0 Å². The van der Waals surface area contributed by atoms with Crippen molar-refractivity contribution in [3.63, 3.8) is 0 Å². The Morgan fingerprint density at radius 2 is 1.00 bits per heavy atom. The Balaban J connectivity index is 1.20. The molecule has 5 heteroatoms. The van der Waals surface area contributed by atoms with Crippen LogP contribution in [0.4, 0.5) is 0 Å². The molecule has 0 radical (unpaired) electrons. The van der Waals surface area contributed by atoms with Crippen LogP contribution in [-0.2, 0) is 0 Å². The second kappa shape index (κ2) is 9.67. The van der Waals surface area contributed by atoms with Gasteiger partial charge in [0.1, 0.15) is 11.2 Å². The number of hydrogen-bond donors (Lipinski definition) is 0. The topological polar surface area (TPSA) is 51.8 Å². The van der Waals surface area contributed by atoms with Crippen LogP contribution in [0.1, 0.15) is 0 Å². The molecule has 0 saturated carbocycles. The van der Waals surface area contributed by atoms with E-state index in [1.54, 1.807) is 0 Å². The Kier molecular flexibility index (Phi) is 5.23. The van der Waals surface area contributed by atoms with Crippen LogP contribution in [0.3, 0.4) is 0 Å². The van der Waals surface area contributed by atoms with Gasteiger partial charge in [-0.05, 0) is 57.3 Å². The molecule has 0 N–H and O–H groups in total. The fraction of sp³-hybridized carbons (Fsp3) is 0. The smallest absolute Gasteiger partial charge is 0.165 e. The zero-order chi connectivity index (χ0) is 31.3. The molecule has 7 aromatic carbocycles. The van der Waals surface area contributed by atoms with E-state index in [1.807, 2.05) is 59.9 Å². The highest BCUT2D eigenvalue weighted by atomic mass is 32.1. The van der Waals surface area contributed by atoms with Crippen molar-refractivity contribution in [2.75, 3.05) is 0 Å². The molecular formula is C43H23N3OS. The Hall–Kier alpha value is -6.17. The number of para-hydroxylation sites is 1. The minimum absolute atomic E-state index is 0.623. The standard InChI is InChI=1S/C43H23N3OS/c1-2-11-24(12-3-1)41-44-42(31-19-10-22-35-38(31)28-15-6-7-21-34(28)47-35)46-43(45-41)32-20-9-18-30-39-29-17-8-16-27-25-13-4-5-14-26(25)33(37(27)29)23-36(39)48-40(30)32/h1-23H. The minimum Gasteiger partial charge on any atom is -0.456 e. The zero-order valence-electron chi connectivity index (χ0n) is 25.4. The van der Waals surface area contributed by atoms with Crippen LogP contribution < -0.4 is 0 Å². The quantitative estimate of drug-likeness (QED) is 0.195. The van der Waals surface area contributed by atoms with E-state index in [0.717, 1.165) is 38.6 Å². The van der Waals surface area contributed by atoms with E-state index in [0.29, 0.717) is 17.5 Å². The summed E-state index contributed by atoms with van der Waals surface area (Å²) < 4.78 is 8.69. The first kappa shape index (κ1) is 26.0. The molecule has 48 heavy (non-hydrogen) atoms. The maximum atomic E-state index is 6.25. The average Bonchev–Trinajstić information content (AvgIpc) is 3.82. The summed E-state index contributed by atoms with van der Waals surface area (Å²) in [7, 11) is 0. The Morgan fingerprint density at radius 3 is 1.88 bits per heavy atom. The van der Waals surface area contributed by atoms with Crippen LogP contribution in [0.5, 0.6) is 0 Å². The Morgan fingerprint density at radius 1 is 0.396 bits per heavy atom. The molecule has 0 aliphatic heterocycles. The van der Waals surface area contributed by atoms with E-state index >= 15 is 0 Å². The fourth-order valence-corrected chi connectivity index (χ4v) is 8.90. The summed E-state index contributed by atoms with van der Waals surface area (Å²) in [6.07, 6.45) is 0. The van der Waals surface area contributed by atoms with Gasteiger partial charge in [-0.3, -0.25) is 0 Å². The molecule has 0 unspecified atom stereocenters. The summed E-state index contributed by atoms with van der Waals surface area (Å²) >= 11 is 1.82. The van der Waals surface area contributed by atoms with Crippen molar-refractivity contribution < 1.29 is 4.42 Å². The maximum Gasteiger partial charge on any atom is 0.165 e. The number of aromatic nitrogens is 3. The van der Waals surface area contributed by atoms with Crippen molar-refractivity contribution in [1.82, 2.24) is 15.0 Å². The summed E-state index contributed by atoms with van der Waals surface area (Å²) in [4.78, 5) is 15.5. The molecule has 10 aromatic rings. The number of fused-ring (bicyclic) bond motifs is 10. The monoisotopic (exact) mass is 629 g/mol. The van der Waals surface area contributed by atoms with Gasteiger partial charge in [-0.1, -0.05) is 115 Å². The molecule has 0 amide bonds. The summed E-state index contributed by atoms with van der Waals surface area (Å²) in [6.45, 7) is 0. The van der Waals surface area contributed by atoms with Crippen LogP contribution >= 0.6 is 11.3 Å². The largest absolute Gasteiger partial charge is 0.456 e. The van der Waals surface area contributed by atoms with E-state index in [2.05, 4.69) is 91.0 Å². The van der Waals surface area contributed by atoms with Crippen LogP contribution in [0, 0.1) is 0 Å². The first-order valence-electron chi connectivity index (χ1n) is 16.0. The first-order valence-corrected chi connectivity index (χ1v) is 16.8. The molecule has 3 heterocycles. The van der Waals surface area contributed by atoms with Crippen LogP contribution in [0.25, 0.3) is 109 Å². The number of benzene rings is 7. The molecule has 1 aliphatic rings. The van der Waals surface area contributed by atoms with Gasteiger partial charge in [0.2, 0.25) is 0 Å². The first-order chi connectivity index (χ1) is 23.8. The fourth-order valence-electron chi connectivity index (χ4n) is 7.63. The highest BCUT2D eigenvalue weighted by Crippen LogP contribution is 2.52. The van der Waals surface area contributed by atoms with E-state index in [1.165, 1.54) is 53.2 Å². The third-order valence-corrected chi connectivity index (χ3v) is 10.9. The summed E-state index contributed by atoms with van der Waals surface area (Å²) in [5.74, 6) is 1.92. The van der Waals surface area contributed by atoms with Gasteiger partial charge < -0.3 is 4.42 Å². The molecule has 0 bridgehead atoms. The van der Waals surface area contributed by atoms with Crippen LogP contribution in [-0.4, -0.2) is 15.0 Å². The summed E-state index contributed by atoms with van der Waals surface area (Å²) in [5, 5.41) is 7.19. The van der Waals surface area contributed by atoms with Gasteiger partial charge in [-0.2, -0.15) is 0 Å². The lowest BCUT2D eigenvalue weighted by Crippen LogP contribution is -2.00. The third kappa shape index (κ3) is 3.56. The third-order valence-electron chi connectivity index (χ3n) is 9.68. The van der Waals surface area contributed by atoms with Gasteiger partial charge in [-0.15, -0.1) is 11.3 Å². The van der Waals surface area contributed by atoms with Gasteiger partial charge in [0.25, 0.3) is 0 Å². The lowest BCUT2D eigenvalue weighted by atomic mass is 9.98. The zero-order valence-corrected chi connectivity index (χ0v) is 26.3. The summed E-state index contributed by atoms with van der Waals surface area (Å²) in [6, 6.07) is 48.8. The second-order valence-electron chi connectivity index (χ2n) is 12.3. The Labute approximate surface area is 278 Å². The SMILES string of the molecule is c1ccc(-c2nc(-c3cccc4c3sc3cc5c6c(cccc6c34)-c3ccccc3-5)nc(-c3cccc4oc5ccccc5c34)n2)cc1. The van der Waals surface area contributed by atoms with Crippen molar-refractivity contribution in [2.45, 2.75) is 0 Å². The predicted molar refractivity (Wildman–Crippen MR) is 198 cm³/mol. The van der Waals surface area contributed by atoms with E-state index in [9.17, 15) is 0 Å². The van der Waals surface area contributed by atoms with Crippen molar-refractivity contribution >= 4 is 64.2 Å². The van der Waals surface area contributed by atoms with Crippen molar-refractivity contribution in [1.29, 1.82) is 0 Å². The highest BCUT2D eigenvalue weighted by molar-refractivity contribution is 7.26. The number of furan rings is 1. The normalized spacial score (nSPS) is 12.2. The lowest BCUT2D eigenvalue weighted by Gasteiger charge is -2.10. The average molecular weight is 630 g/mol. The molecule has 0 atom stereocenters.